The molecule has 11 heavy (non-hydrogen) atoms. The second kappa shape index (κ2) is 3.16. The number of hydrogen-bond acceptors (Lipinski definition) is 4. The van der Waals surface area contributed by atoms with Crippen molar-refractivity contribution in [2.24, 2.45) is 0 Å². The quantitative estimate of drug-likeness (QED) is 0.529. The number of aliphatic hydroxyl groups is 1. The molecule has 0 unspecified atom stereocenters. The van der Waals surface area contributed by atoms with Gasteiger partial charge in [0, 0.05) is 0 Å². The first-order chi connectivity index (χ1) is 5.24. The van der Waals surface area contributed by atoms with Gasteiger partial charge in [0.05, 0.1) is 30.4 Å². The van der Waals surface area contributed by atoms with Gasteiger partial charge in [-0.3, -0.25) is 0 Å². The summed E-state index contributed by atoms with van der Waals surface area (Å²) in [5, 5.41) is 8.40. The molecule has 0 spiro atoms. The Hall–Kier alpha value is -1.36. The molecule has 5 nitrogen and oxygen atoms in total. The summed E-state index contributed by atoms with van der Waals surface area (Å²) in [5.74, 6) is 0. The molecule has 0 bridgehead atoms. The van der Waals surface area contributed by atoms with Crippen LogP contribution in [0.25, 0.3) is 0 Å². The molecule has 1 rings (SSSR count). The summed E-state index contributed by atoms with van der Waals surface area (Å²) in [7, 11) is 0. The van der Waals surface area contributed by atoms with Gasteiger partial charge in [-0.1, -0.05) is 0 Å². The summed E-state index contributed by atoms with van der Waals surface area (Å²) >= 11 is 0. The number of aromatic nitrogens is 1. The van der Waals surface area contributed by atoms with Crippen LogP contribution in [0.3, 0.4) is 0 Å². The summed E-state index contributed by atoms with van der Waals surface area (Å²) in [5.41, 5.74) is 11.8. The van der Waals surface area contributed by atoms with Gasteiger partial charge in [-0.25, -0.2) is 0 Å². The Labute approximate surface area is 64.1 Å². The highest BCUT2D eigenvalue weighted by atomic mass is 16.7. The second-order valence-corrected chi connectivity index (χ2v) is 2.09. The van der Waals surface area contributed by atoms with E-state index in [0.29, 0.717) is 11.4 Å². The number of hydrogen-bond donors (Lipinski definition) is 3. The lowest BCUT2D eigenvalue weighted by Gasteiger charge is -2.02. The molecular weight excluding hydrogens is 146 g/mol. The minimum Gasteiger partial charge on any atom is -0.412 e. The van der Waals surface area contributed by atoms with Crippen molar-refractivity contribution >= 4 is 11.4 Å². The summed E-state index contributed by atoms with van der Waals surface area (Å²) in [4.78, 5) is 4.96. The van der Waals surface area contributed by atoms with E-state index in [0.717, 1.165) is 0 Å². The molecule has 1 aromatic rings. The Kier molecular flexibility index (Phi) is 2.22. The topological polar surface area (TPSA) is 86.4 Å². The first-order valence-electron chi connectivity index (χ1n) is 3.21. The van der Waals surface area contributed by atoms with Crippen molar-refractivity contribution in [3.05, 3.63) is 12.4 Å². The van der Waals surface area contributed by atoms with E-state index in [1.54, 1.807) is 12.4 Å². The molecule has 0 aromatic carbocycles. The Morgan fingerprint density at radius 3 is 2.36 bits per heavy atom. The number of rotatable bonds is 3. The van der Waals surface area contributed by atoms with Crippen molar-refractivity contribution in [2.75, 3.05) is 24.7 Å². The number of aliphatic hydroxyl groups excluding tert-OH is 1. The predicted molar refractivity (Wildman–Crippen MR) is 41.8 cm³/mol. The molecule has 0 amide bonds. The van der Waals surface area contributed by atoms with Crippen LogP contribution in [-0.2, 0) is 0 Å². The third-order valence-corrected chi connectivity index (χ3v) is 1.20. The third-order valence-electron chi connectivity index (χ3n) is 1.20. The zero-order valence-electron chi connectivity index (χ0n) is 6.03. The molecule has 0 atom stereocenters. The Morgan fingerprint density at radius 1 is 1.36 bits per heavy atom. The molecule has 5 heteroatoms. The van der Waals surface area contributed by atoms with E-state index < -0.39 is 0 Å². The van der Waals surface area contributed by atoms with E-state index in [1.807, 2.05) is 0 Å². The molecule has 0 radical (unpaired) electrons. The molecule has 0 aliphatic carbocycles. The first kappa shape index (κ1) is 7.74. The maximum absolute atomic E-state index is 8.40. The first-order valence-corrected chi connectivity index (χ1v) is 3.21. The van der Waals surface area contributed by atoms with Crippen molar-refractivity contribution < 1.29 is 9.94 Å². The van der Waals surface area contributed by atoms with Crippen LogP contribution in [0.1, 0.15) is 0 Å². The van der Waals surface area contributed by atoms with Crippen molar-refractivity contribution in [3.63, 3.8) is 0 Å². The lowest BCUT2D eigenvalue weighted by atomic mass is 10.5. The standard InChI is InChI=1S/C6H11N3O2/c7-5-3-9(4-6(5)8)11-2-1-10/h3-4,10H,1-2,7-8H2. The van der Waals surface area contributed by atoms with E-state index in [4.69, 9.17) is 21.4 Å². The summed E-state index contributed by atoms with van der Waals surface area (Å²) in [6.45, 7) is 0.200. The SMILES string of the molecule is Nc1cn(OCCO)cc1N. The van der Waals surface area contributed by atoms with Gasteiger partial charge in [0.25, 0.3) is 0 Å². The minimum absolute atomic E-state index is 0.0298. The van der Waals surface area contributed by atoms with Gasteiger partial charge in [0.2, 0.25) is 0 Å². The molecule has 1 aromatic heterocycles. The molecule has 5 N–H and O–H groups in total. The minimum atomic E-state index is -0.0298. The Balaban J connectivity index is 2.58. The van der Waals surface area contributed by atoms with Gasteiger partial charge in [-0.05, 0) is 0 Å². The van der Waals surface area contributed by atoms with E-state index in [1.165, 1.54) is 4.73 Å². The van der Waals surface area contributed by atoms with Gasteiger partial charge in [-0.2, -0.15) is 4.73 Å². The largest absolute Gasteiger partial charge is 0.412 e. The van der Waals surface area contributed by atoms with E-state index >= 15 is 0 Å². The van der Waals surface area contributed by atoms with Gasteiger partial charge < -0.3 is 21.4 Å². The highest BCUT2D eigenvalue weighted by Crippen LogP contribution is 2.12. The molecule has 62 valence electrons. The van der Waals surface area contributed by atoms with Crippen molar-refractivity contribution in [3.8, 4) is 0 Å². The van der Waals surface area contributed by atoms with E-state index in [-0.39, 0.29) is 13.2 Å². The van der Waals surface area contributed by atoms with Gasteiger partial charge in [0.1, 0.15) is 6.61 Å². The fourth-order valence-corrected chi connectivity index (χ4v) is 0.681. The van der Waals surface area contributed by atoms with Crippen LogP contribution >= 0.6 is 0 Å². The number of nitrogen functional groups attached to an aromatic ring is 2. The maximum Gasteiger partial charge on any atom is 0.138 e. The van der Waals surface area contributed by atoms with Crippen LogP contribution in [0.15, 0.2) is 12.4 Å². The van der Waals surface area contributed by atoms with Gasteiger partial charge >= 0.3 is 0 Å². The summed E-state index contributed by atoms with van der Waals surface area (Å²) < 4.78 is 1.38. The average Bonchev–Trinajstić information content (AvgIpc) is 2.28. The molecule has 0 saturated carbocycles. The van der Waals surface area contributed by atoms with Crippen molar-refractivity contribution in [1.29, 1.82) is 0 Å². The fourth-order valence-electron chi connectivity index (χ4n) is 0.681. The van der Waals surface area contributed by atoms with Crippen LogP contribution in [-0.4, -0.2) is 23.1 Å². The Bertz CT molecular complexity index is 214. The molecule has 1 heterocycles. The molecule has 0 saturated heterocycles. The van der Waals surface area contributed by atoms with E-state index in [9.17, 15) is 0 Å². The third kappa shape index (κ3) is 1.78. The molecular formula is C6H11N3O2. The predicted octanol–water partition coefficient (Wildman–Crippen LogP) is -0.927. The Morgan fingerprint density at radius 2 is 1.91 bits per heavy atom. The highest BCUT2D eigenvalue weighted by Gasteiger charge is 1.98. The lowest BCUT2D eigenvalue weighted by Crippen LogP contribution is -2.13. The zero-order valence-corrected chi connectivity index (χ0v) is 6.03. The smallest absolute Gasteiger partial charge is 0.138 e. The van der Waals surface area contributed by atoms with Crippen LogP contribution in [0.2, 0.25) is 0 Å². The molecule has 0 aliphatic rings. The fraction of sp³-hybridized carbons (Fsp3) is 0.333. The maximum atomic E-state index is 8.40. The van der Waals surface area contributed by atoms with Crippen LogP contribution in [0.5, 0.6) is 0 Å². The summed E-state index contributed by atoms with van der Waals surface area (Å²) in [6, 6.07) is 0. The average molecular weight is 157 g/mol. The van der Waals surface area contributed by atoms with Gasteiger partial charge in [0.15, 0.2) is 0 Å². The summed E-state index contributed by atoms with van der Waals surface area (Å²) in [6.07, 6.45) is 3.09. The number of nitrogens with two attached hydrogens (primary N) is 2. The monoisotopic (exact) mass is 157 g/mol. The van der Waals surface area contributed by atoms with Gasteiger partial charge in [-0.15, -0.1) is 0 Å². The van der Waals surface area contributed by atoms with E-state index in [2.05, 4.69) is 0 Å². The van der Waals surface area contributed by atoms with Crippen LogP contribution < -0.4 is 16.3 Å². The van der Waals surface area contributed by atoms with Crippen molar-refractivity contribution in [1.82, 2.24) is 4.73 Å². The zero-order chi connectivity index (χ0) is 8.27. The number of anilines is 2. The van der Waals surface area contributed by atoms with Crippen molar-refractivity contribution in [2.45, 2.75) is 0 Å². The normalized spacial score (nSPS) is 9.91. The van der Waals surface area contributed by atoms with Crippen LogP contribution in [0, 0.1) is 0 Å². The highest BCUT2D eigenvalue weighted by molar-refractivity contribution is 5.61. The van der Waals surface area contributed by atoms with Crippen LogP contribution in [0.4, 0.5) is 11.4 Å². The second-order valence-electron chi connectivity index (χ2n) is 2.09. The molecule has 0 fully saturated rings. The lowest BCUT2D eigenvalue weighted by molar-refractivity contribution is 0.0764. The molecule has 0 aliphatic heterocycles. The number of nitrogens with zero attached hydrogens (tertiary/aromatic N) is 1.